The Morgan fingerprint density at radius 2 is 1.68 bits per heavy atom. The normalized spacial score (nSPS) is 10.4. The van der Waals surface area contributed by atoms with E-state index in [1.807, 2.05) is 6.92 Å². The number of nitrogens with zero attached hydrogens (tertiary/aromatic N) is 4. The Morgan fingerprint density at radius 1 is 1.18 bits per heavy atom. The monoisotopic (exact) mass is 312 g/mol. The van der Waals surface area contributed by atoms with Crippen LogP contribution in [0.5, 0.6) is 0 Å². The van der Waals surface area contributed by atoms with E-state index in [2.05, 4.69) is 6.58 Å². The summed E-state index contributed by atoms with van der Waals surface area (Å²) in [6.45, 7) is 8.55. The Hall–Kier alpha value is -1.96. The molecule has 0 N–H and O–H groups in total. The van der Waals surface area contributed by atoms with E-state index < -0.39 is 6.42 Å². The molecule has 0 radical (unpaired) electrons. The molecule has 0 aliphatic carbocycles. The number of hydrogen-bond acceptors (Lipinski definition) is 6. The Morgan fingerprint density at radius 3 is 1.95 bits per heavy atom. The molecule has 0 atom stereocenters. The van der Waals surface area contributed by atoms with E-state index in [4.69, 9.17) is 30.2 Å². The summed E-state index contributed by atoms with van der Waals surface area (Å²) in [4.78, 5) is 10.7. The van der Waals surface area contributed by atoms with Gasteiger partial charge >= 0.3 is 6.42 Å². The molecular formula is C13H22BFN4O3. The van der Waals surface area contributed by atoms with Crippen molar-refractivity contribution in [3.05, 3.63) is 12.7 Å². The van der Waals surface area contributed by atoms with E-state index in [0.29, 0.717) is 6.54 Å². The van der Waals surface area contributed by atoms with Crippen LogP contribution < -0.4 is 0 Å². The molecule has 0 saturated heterocycles. The molecule has 7 nitrogen and oxygen atoms in total. The molecule has 0 unspecified atom stereocenters. The predicted octanol–water partition coefficient (Wildman–Crippen LogP) is 1.63. The summed E-state index contributed by atoms with van der Waals surface area (Å²) < 4.78 is 17.2. The number of halogens is 1. The zero-order valence-corrected chi connectivity index (χ0v) is 13.3. The lowest BCUT2D eigenvalue weighted by Gasteiger charge is -2.28. The predicted molar refractivity (Wildman–Crippen MR) is 79.0 cm³/mol. The molecule has 0 aliphatic heterocycles. The van der Waals surface area contributed by atoms with E-state index in [1.165, 1.54) is 0 Å². The van der Waals surface area contributed by atoms with Crippen molar-refractivity contribution >= 4 is 6.42 Å². The molecule has 22 heavy (non-hydrogen) atoms. The van der Waals surface area contributed by atoms with Crippen LogP contribution >= 0.6 is 0 Å². The van der Waals surface area contributed by atoms with Crippen molar-refractivity contribution in [3.8, 4) is 17.9 Å². The highest BCUT2D eigenvalue weighted by molar-refractivity contribution is 6.93. The second kappa shape index (κ2) is 12.8. The maximum atomic E-state index is 12.0. The first-order valence-electron chi connectivity index (χ1n) is 6.67. The Labute approximate surface area is 131 Å². The Kier molecular flexibility index (Phi) is 13.0. The van der Waals surface area contributed by atoms with Crippen LogP contribution in [0.3, 0.4) is 0 Å². The number of hydroxylamine groups is 4. The summed E-state index contributed by atoms with van der Waals surface area (Å²) in [6.07, 6.45) is -0.850. The van der Waals surface area contributed by atoms with Crippen molar-refractivity contribution in [1.29, 1.82) is 15.8 Å². The quantitative estimate of drug-likeness (QED) is 0.211. The molecule has 0 spiro atoms. The summed E-state index contributed by atoms with van der Waals surface area (Å²) in [7, 11) is 3.27. The molecule has 0 aromatic carbocycles. The smallest absolute Gasteiger partial charge is 0.436 e. The fraction of sp³-hybridized carbons (Fsp3) is 0.615. The highest BCUT2D eigenvalue weighted by Gasteiger charge is 2.27. The van der Waals surface area contributed by atoms with Gasteiger partial charge in [-0.05, 0) is 17.8 Å². The van der Waals surface area contributed by atoms with Crippen molar-refractivity contribution in [2.24, 2.45) is 0 Å². The van der Waals surface area contributed by atoms with Crippen LogP contribution in [0.2, 0.25) is 0 Å². The standard InChI is InChI=1S/C10H22NO3.C3BFN3/c1-5-8-11(12-3,13-4)9-7-10-14-6-2;5-4(1-6,2-7)3-8/h5H,1,6-10H2,2-4H3;/q+1;-1. The lowest BCUT2D eigenvalue weighted by molar-refractivity contribution is -1.24. The lowest BCUT2D eigenvalue weighted by Crippen LogP contribution is -2.47. The first-order chi connectivity index (χ1) is 10.4. The maximum absolute atomic E-state index is 12.0. The van der Waals surface area contributed by atoms with Crippen molar-refractivity contribution < 1.29 is 23.5 Å². The van der Waals surface area contributed by atoms with Gasteiger partial charge in [0.25, 0.3) is 0 Å². The van der Waals surface area contributed by atoms with Crippen LogP contribution in [0.15, 0.2) is 12.7 Å². The van der Waals surface area contributed by atoms with Crippen LogP contribution in [0.25, 0.3) is 0 Å². The van der Waals surface area contributed by atoms with Gasteiger partial charge in [0.1, 0.15) is 6.54 Å². The molecule has 0 aliphatic rings. The molecular weight excluding hydrogens is 290 g/mol. The van der Waals surface area contributed by atoms with Crippen molar-refractivity contribution in [2.75, 3.05) is 40.5 Å². The highest BCUT2D eigenvalue weighted by Crippen LogP contribution is 2.09. The molecule has 0 heterocycles. The van der Waals surface area contributed by atoms with Crippen LogP contribution in [0, 0.1) is 33.7 Å². The SMILES string of the molecule is C=CC[N+](CCCOCC)(OC)OC.N#C[B-](F)(C#N)C#N. The fourth-order valence-corrected chi connectivity index (χ4v) is 1.33. The van der Waals surface area contributed by atoms with E-state index in [0.717, 1.165) is 44.1 Å². The molecule has 0 fully saturated rings. The van der Waals surface area contributed by atoms with Crippen LogP contribution in [-0.4, -0.2) is 51.8 Å². The van der Waals surface area contributed by atoms with Gasteiger partial charge in [-0.1, -0.05) is 24.5 Å². The van der Waals surface area contributed by atoms with Gasteiger partial charge in [-0.2, -0.15) is 9.68 Å². The van der Waals surface area contributed by atoms with Gasteiger partial charge in [-0.3, -0.25) is 0 Å². The number of hydrogen-bond donors (Lipinski definition) is 0. The summed E-state index contributed by atoms with van der Waals surface area (Å²) in [5.74, 6) is 2.85. The largest absolute Gasteiger partial charge is 0.468 e. The molecule has 0 bridgehead atoms. The van der Waals surface area contributed by atoms with Crippen molar-refractivity contribution in [3.63, 3.8) is 0 Å². The lowest BCUT2D eigenvalue weighted by atomic mass is 9.48. The molecule has 0 amide bonds. The zero-order valence-electron chi connectivity index (χ0n) is 13.3. The molecule has 0 rings (SSSR count). The Balaban J connectivity index is 0. The minimum Gasteiger partial charge on any atom is -0.468 e. The maximum Gasteiger partial charge on any atom is 0.436 e. The molecule has 0 aromatic rings. The van der Waals surface area contributed by atoms with Gasteiger partial charge in [0.05, 0.1) is 20.8 Å². The summed E-state index contributed by atoms with van der Waals surface area (Å²) in [5.41, 5.74) is 0. The van der Waals surface area contributed by atoms with Gasteiger partial charge in [0.15, 0.2) is 6.54 Å². The topological polar surface area (TPSA) is 99.1 Å². The number of nitriles is 3. The van der Waals surface area contributed by atoms with E-state index in [-0.39, 0.29) is 4.81 Å². The molecule has 0 saturated carbocycles. The zero-order chi connectivity index (χ0) is 17.5. The third-order valence-corrected chi connectivity index (χ3v) is 2.60. The van der Waals surface area contributed by atoms with E-state index in [1.54, 1.807) is 20.3 Å². The van der Waals surface area contributed by atoms with Crippen LogP contribution in [-0.2, 0) is 14.4 Å². The highest BCUT2D eigenvalue weighted by atomic mass is 19.1. The van der Waals surface area contributed by atoms with E-state index >= 15 is 0 Å². The Bertz CT molecular complexity index is 402. The number of quaternary nitrogens is 1. The van der Waals surface area contributed by atoms with Gasteiger partial charge in [0.2, 0.25) is 0 Å². The van der Waals surface area contributed by atoms with Crippen molar-refractivity contribution in [1.82, 2.24) is 0 Å². The van der Waals surface area contributed by atoms with Gasteiger partial charge in [0, 0.05) is 13.0 Å². The van der Waals surface area contributed by atoms with Crippen molar-refractivity contribution in [2.45, 2.75) is 13.3 Å². The minimum atomic E-state index is -3.54. The van der Waals surface area contributed by atoms with E-state index in [9.17, 15) is 4.32 Å². The molecule has 122 valence electrons. The second-order valence-electron chi connectivity index (χ2n) is 4.07. The average molecular weight is 312 g/mol. The third-order valence-electron chi connectivity index (χ3n) is 2.60. The van der Waals surface area contributed by atoms with Gasteiger partial charge in [-0.15, -0.1) is 0 Å². The summed E-state index contributed by atoms with van der Waals surface area (Å²) >= 11 is 0. The number of rotatable bonds is 9. The summed E-state index contributed by atoms with van der Waals surface area (Å²) in [5, 5.41) is 23.2. The number of ether oxygens (including phenoxy) is 1. The third kappa shape index (κ3) is 9.07. The minimum absolute atomic E-state index is 0.149. The first-order valence-corrected chi connectivity index (χ1v) is 6.67. The fourth-order valence-electron chi connectivity index (χ4n) is 1.33. The first kappa shape index (κ1) is 22.3. The summed E-state index contributed by atoms with van der Waals surface area (Å²) in [6, 6.07) is 0. The van der Waals surface area contributed by atoms with Gasteiger partial charge < -0.3 is 9.05 Å². The van der Waals surface area contributed by atoms with Crippen LogP contribution in [0.4, 0.5) is 4.32 Å². The van der Waals surface area contributed by atoms with Gasteiger partial charge in [-0.25, -0.2) is 15.8 Å². The average Bonchev–Trinajstić information content (AvgIpc) is 2.57. The molecule has 9 heteroatoms. The van der Waals surface area contributed by atoms with Crippen LogP contribution in [0.1, 0.15) is 13.3 Å². The molecule has 0 aromatic heterocycles. The second-order valence-corrected chi connectivity index (χ2v) is 4.07.